The van der Waals surface area contributed by atoms with Crippen LogP contribution in [0.2, 0.25) is 0 Å². The highest BCUT2D eigenvalue weighted by atomic mass is 32.1. The Morgan fingerprint density at radius 2 is 1.86 bits per heavy atom. The topological polar surface area (TPSA) is 40.5 Å². The van der Waals surface area contributed by atoms with Crippen LogP contribution in [0.3, 0.4) is 0 Å². The third-order valence-electron chi connectivity index (χ3n) is 3.85. The van der Waals surface area contributed by atoms with Gasteiger partial charge in [0.15, 0.2) is 0 Å². The summed E-state index contributed by atoms with van der Waals surface area (Å²) in [6.07, 6.45) is 4.62. The molecule has 1 saturated heterocycles. The fourth-order valence-corrected chi connectivity index (χ4v) is 3.46. The summed E-state index contributed by atoms with van der Waals surface area (Å²) >= 11 is 1.68. The lowest BCUT2D eigenvalue weighted by Crippen LogP contribution is -2.39. The Labute approximate surface area is 134 Å². The molecular formula is C18H19NO2S. The highest BCUT2D eigenvalue weighted by Gasteiger charge is 2.19. The summed E-state index contributed by atoms with van der Waals surface area (Å²) in [6, 6.07) is 14.4. The van der Waals surface area contributed by atoms with Crippen LogP contribution < -0.4 is 0 Å². The van der Waals surface area contributed by atoms with Gasteiger partial charge in [-0.1, -0.05) is 30.3 Å². The second-order valence-electron chi connectivity index (χ2n) is 5.46. The van der Waals surface area contributed by atoms with E-state index in [1.54, 1.807) is 22.3 Å². The summed E-state index contributed by atoms with van der Waals surface area (Å²) < 4.78 is 0. The molecule has 1 aromatic carbocycles. The number of aliphatic hydroxyl groups is 1. The number of hydrogen-bond donors (Lipinski definition) is 1. The van der Waals surface area contributed by atoms with Crippen molar-refractivity contribution in [2.75, 3.05) is 13.1 Å². The molecule has 1 aromatic heterocycles. The number of hydrogen-bond acceptors (Lipinski definition) is 3. The van der Waals surface area contributed by atoms with Crippen molar-refractivity contribution >= 4 is 23.3 Å². The molecule has 0 aliphatic carbocycles. The monoisotopic (exact) mass is 313 g/mol. The highest BCUT2D eigenvalue weighted by Crippen LogP contribution is 2.28. The molecule has 0 spiro atoms. The number of aliphatic hydroxyl groups excluding tert-OH is 1. The van der Waals surface area contributed by atoms with E-state index >= 15 is 0 Å². The van der Waals surface area contributed by atoms with Crippen LogP contribution >= 0.6 is 11.3 Å². The molecule has 0 unspecified atom stereocenters. The molecule has 3 rings (SSSR count). The predicted molar refractivity (Wildman–Crippen MR) is 90.6 cm³/mol. The Kier molecular flexibility index (Phi) is 4.71. The van der Waals surface area contributed by atoms with Crippen molar-refractivity contribution in [2.24, 2.45) is 0 Å². The van der Waals surface area contributed by atoms with E-state index in [0.717, 1.165) is 4.88 Å². The molecule has 0 bridgehead atoms. The third kappa shape index (κ3) is 3.64. The maximum atomic E-state index is 12.1. The lowest BCUT2D eigenvalue weighted by atomic mass is 10.1. The normalized spacial score (nSPS) is 16.3. The van der Waals surface area contributed by atoms with E-state index in [1.807, 2.05) is 30.3 Å². The first kappa shape index (κ1) is 15.0. The van der Waals surface area contributed by atoms with Gasteiger partial charge in [-0.2, -0.15) is 0 Å². The Hall–Kier alpha value is -1.91. The van der Waals surface area contributed by atoms with Crippen molar-refractivity contribution in [1.29, 1.82) is 0 Å². The largest absolute Gasteiger partial charge is 0.393 e. The zero-order valence-electron chi connectivity index (χ0n) is 12.3. The van der Waals surface area contributed by atoms with E-state index in [-0.39, 0.29) is 12.0 Å². The van der Waals surface area contributed by atoms with E-state index in [2.05, 4.69) is 18.2 Å². The van der Waals surface area contributed by atoms with Gasteiger partial charge >= 0.3 is 0 Å². The maximum absolute atomic E-state index is 12.1. The van der Waals surface area contributed by atoms with E-state index in [1.165, 1.54) is 10.4 Å². The number of rotatable bonds is 3. The van der Waals surface area contributed by atoms with Crippen LogP contribution in [0.4, 0.5) is 0 Å². The highest BCUT2D eigenvalue weighted by molar-refractivity contribution is 7.16. The molecule has 1 fully saturated rings. The Balaban J connectivity index is 1.63. The minimum Gasteiger partial charge on any atom is -0.393 e. The minimum absolute atomic E-state index is 0.0292. The van der Waals surface area contributed by atoms with Gasteiger partial charge in [-0.25, -0.2) is 0 Å². The Morgan fingerprint density at radius 3 is 2.59 bits per heavy atom. The second-order valence-corrected chi connectivity index (χ2v) is 6.57. The second kappa shape index (κ2) is 6.90. The summed E-state index contributed by atoms with van der Waals surface area (Å²) in [5, 5.41) is 9.47. The van der Waals surface area contributed by atoms with Gasteiger partial charge < -0.3 is 10.0 Å². The summed E-state index contributed by atoms with van der Waals surface area (Å²) in [5.41, 5.74) is 1.20. The van der Waals surface area contributed by atoms with Crippen LogP contribution in [0.15, 0.2) is 48.5 Å². The zero-order valence-corrected chi connectivity index (χ0v) is 13.1. The van der Waals surface area contributed by atoms with Crippen molar-refractivity contribution in [3.8, 4) is 10.4 Å². The summed E-state index contributed by atoms with van der Waals surface area (Å²) in [5.74, 6) is 0.0292. The molecule has 3 nitrogen and oxygen atoms in total. The molecule has 1 aliphatic rings. The molecule has 114 valence electrons. The molecule has 0 saturated carbocycles. The van der Waals surface area contributed by atoms with E-state index < -0.39 is 0 Å². The molecular weight excluding hydrogens is 294 g/mol. The molecule has 1 N–H and O–H groups in total. The van der Waals surface area contributed by atoms with Crippen LogP contribution in [0.5, 0.6) is 0 Å². The van der Waals surface area contributed by atoms with Crippen LogP contribution in [0.25, 0.3) is 16.5 Å². The number of nitrogens with zero attached hydrogens (tertiary/aromatic N) is 1. The summed E-state index contributed by atoms with van der Waals surface area (Å²) in [7, 11) is 0. The van der Waals surface area contributed by atoms with Crippen LogP contribution in [-0.4, -0.2) is 35.1 Å². The molecule has 0 atom stereocenters. The van der Waals surface area contributed by atoms with Crippen LogP contribution in [0, 0.1) is 0 Å². The van der Waals surface area contributed by atoms with Crippen molar-refractivity contribution in [1.82, 2.24) is 4.90 Å². The first-order valence-corrected chi connectivity index (χ1v) is 8.34. The van der Waals surface area contributed by atoms with Crippen LogP contribution in [0.1, 0.15) is 17.7 Å². The average Bonchev–Trinajstić information content (AvgIpc) is 3.03. The van der Waals surface area contributed by atoms with Gasteiger partial charge in [0, 0.05) is 28.9 Å². The van der Waals surface area contributed by atoms with Gasteiger partial charge in [0.05, 0.1) is 6.10 Å². The van der Waals surface area contributed by atoms with Gasteiger partial charge in [-0.15, -0.1) is 11.3 Å². The number of carbonyl (C=O) groups excluding carboxylic acids is 1. The van der Waals surface area contributed by atoms with E-state index in [4.69, 9.17) is 0 Å². The van der Waals surface area contributed by atoms with E-state index in [9.17, 15) is 9.90 Å². The number of benzene rings is 1. The summed E-state index contributed by atoms with van der Waals surface area (Å²) in [4.78, 5) is 16.2. The molecule has 2 heterocycles. The lowest BCUT2D eigenvalue weighted by Gasteiger charge is -2.28. The number of likely N-dealkylation sites (tertiary alicyclic amines) is 1. The zero-order chi connectivity index (χ0) is 15.4. The van der Waals surface area contributed by atoms with Crippen molar-refractivity contribution in [3.05, 3.63) is 53.4 Å². The maximum Gasteiger partial charge on any atom is 0.246 e. The smallest absolute Gasteiger partial charge is 0.246 e. The number of piperidine rings is 1. The fourth-order valence-electron chi connectivity index (χ4n) is 2.55. The number of carbonyl (C=O) groups is 1. The first-order valence-electron chi connectivity index (χ1n) is 7.53. The molecule has 0 radical (unpaired) electrons. The molecule has 1 amide bonds. The first-order chi connectivity index (χ1) is 10.7. The predicted octanol–water partition coefficient (Wildman–Crippen LogP) is 3.41. The van der Waals surface area contributed by atoms with Crippen molar-refractivity contribution < 1.29 is 9.90 Å². The van der Waals surface area contributed by atoms with Crippen molar-refractivity contribution in [3.63, 3.8) is 0 Å². The summed E-state index contributed by atoms with van der Waals surface area (Å²) in [6.45, 7) is 1.29. The van der Waals surface area contributed by atoms with Gasteiger partial charge in [0.1, 0.15) is 0 Å². The fraction of sp³-hybridized carbons (Fsp3) is 0.278. The molecule has 4 heteroatoms. The number of thiophene rings is 1. The Morgan fingerprint density at radius 1 is 1.14 bits per heavy atom. The minimum atomic E-state index is -0.251. The quantitative estimate of drug-likeness (QED) is 0.882. The van der Waals surface area contributed by atoms with Crippen molar-refractivity contribution in [2.45, 2.75) is 18.9 Å². The third-order valence-corrected chi connectivity index (χ3v) is 4.95. The molecule has 2 aromatic rings. The molecule has 22 heavy (non-hydrogen) atoms. The Bertz CT molecular complexity index is 655. The number of amides is 1. The van der Waals surface area contributed by atoms with E-state index in [0.29, 0.717) is 25.9 Å². The van der Waals surface area contributed by atoms with Gasteiger partial charge in [0.25, 0.3) is 0 Å². The standard InChI is InChI=1S/C18H19NO2S/c20-15-10-12-19(13-11-15)18(21)9-7-16-6-8-17(22-16)14-4-2-1-3-5-14/h1-9,15,20H,10-13H2. The van der Waals surface area contributed by atoms with Crippen LogP contribution in [-0.2, 0) is 4.79 Å². The lowest BCUT2D eigenvalue weighted by molar-refractivity contribution is -0.127. The molecule has 1 aliphatic heterocycles. The van der Waals surface area contributed by atoms with Gasteiger partial charge in [-0.05, 0) is 36.6 Å². The van der Waals surface area contributed by atoms with Gasteiger partial charge in [-0.3, -0.25) is 4.79 Å². The SMILES string of the molecule is O=C(C=Cc1ccc(-c2ccccc2)s1)N1CCC(O)CC1. The van der Waals surface area contributed by atoms with Gasteiger partial charge in [0.2, 0.25) is 5.91 Å². The average molecular weight is 313 g/mol.